The maximum atomic E-state index is 12.0. The van der Waals surface area contributed by atoms with Crippen molar-refractivity contribution < 1.29 is 4.79 Å². The molecule has 0 unspecified atom stereocenters. The van der Waals surface area contributed by atoms with Gasteiger partial charge in [-0.25, -0.2) is 0 Å². The van der Waals surface area contributed by atoms with Crippen molar-refractivity contribution in [3.8, 4) is 0 Å². The average molecular weight is 354 g/mol. The van der Waals surface area contributed by atoms with E-state index in [2.05, 4.69) is 17.3 Å². The summed E-state index contributed by atoms with van der Waals surface area (Å²) in [7, 11) is 1.76. The third-order valence-corrected chi connectivity index (χ3v) is 5.06. The van der Waals surface area contributed by atoms with Gasteiger partial charge in [0.2, 0.25) is 0 Å². The van der Waals surface area contributed by atoms with Crippen LogP contribution in [0.25, 0.3) is 0 Å². The van der Waals surface area contributed by atoms with Crippen LogP contribution in [0.1, 0.15) is 62.4 Å². The van der Waals surface area contributed by atoms with Gasteiger partial charge in [-0.1, -0.05) is 75.5 Å². The molecular formula is C17H27N3OS2. The Morgan fingerprint density at radius 2 is 1.91 bits per heavy atom. The molecule has 0 bridgehead atoms. The fraction of sp³-hybridized carbons (Fsp3) is 0.588. The predicted molar refractivity (Wildman–Crippen MR) is 103 cm³/mol. The molecule has 0 fully saturated rings. The first kappa shape index (κ1) is 19.9. The highest BCUT2D eigenvalue weighted by molar-refractivity contribution is 8.22. The van der Waals surface area contributed by atoms with Crippen LogP contribution in [0.2, 0.25) is 0 Å². The first-order valence-electron chi connectivity index (χ1n) is 8.27. The molecule has 1 aromatic rings. The summed E-state index contributed by atoms with van der Waals surface area (Å²) in [6.07, 6.45) is 10.7. The normalized spacial score (nSPS) is 10.3. The molecule has 4 nitrogen and oxygen atoms in total. The highest BCUT2D eigenvalue weighted by Crippen LogP contribution is 2.13. The monoisotopic (exact) mass is 353 g/mol. The molecule has 0 atom stereocenters. The van der Waals surface area contributed by atoms with E-state index in [1.54, 1.807) is 48.2 Å². The van der Waals surface area contributed by atoms with Gasteiger partial charge < -0.3 is 0 Å². The lowest BCUT2D eigenvalue weighted by atomic mass is 10.1. The van der Waals surface area contributed by atoms with Crippen LogP contribution in [0.3, 0.4) is 0 Å². The minimum Gasteiger partial charge on any atom is -0.272 e. The van der Waals surface area contributed by atoms with Crippen LogP contribution in [0, 0.1) is 0 Å². The fourth-order valence-electron chi connectivity index (χ4n) is 2.07. The summed E-state index contributed by atoms with van der Waals surface area (Å²) in [5, 5.41) is 1.60. The van der Waals surface area contributed by atoms with Gasteiger partial charge >= 0.3 is 0 Å². The third-order valence-electron chi connectivity index (χ3n) is 3.41. The van der Waals surface area contributed by atoms with E-state index in [0.29, 0.717) is 10.0 Å². The number of thiocarbonyl (C=S) groups is 1. The summed E-state index contributed by atoms with van der Waals surface area (Å²) in [5.74, 6) is 0.753. The molecule has 1 heterocycles. The summed E-state index contributed by atoms with van der Waals surface area (Å²) in [6.45, 7) is 2.24. The number of rotatable bonds is 9. The number of pyridine rings is 1. The van der Waals surface area contributed by atoms with E-state index in [1.807, 2.05) is 0 Å². The number of nitrogens with one attached hydrogen (secondary N) is 1. The molecule has 1 amide bonds. The molecule has 0 aliphatic heterocycles. The molecule has 128 valence electrons. The second kappa shape index (κ2) is 12.3. The molecule has 6 heteroatoms. The van der Waals surface area contributed by atoms with E-state index in [1.165, 1.54) is 44.9 Å². The average Bonchev–Trinajstić information content (AvgIpc) is 2.57. The maximum Gasteiger partial charge on any atom is 0.288 e. The third kappa shape index (κ3) is 8.91. The van der Waals surface area contributed by atoms with Gasteiger partial charge in [-0.05, 0) is 18.6 Å². The second-order valence-corrected chi connectivity index (χ2v) is 7.18. The summed E-state index contributed by atoms with van der Waals surface area (Å²) in [5.41, 5.74) is 3.13. The molecule has 0 saturated carbocycles. The van der Waals surface area contributed by atoms with Gasteiger partial charge in [0.1, 0.15) is 5.69 Å². The van der Waals surface area contributed by atoms with Crippen molar-refractivity contribution in [2.24, 2.45) is 0 Å². The van der Waals surface area contributed by atoms with Crippen LogP contribution in [-0.4, -0.2) is 33.0 Å². The van der Waals surface area contributed by atoms with Crippen molar-refractivity contribution in [3.63, 3.8) is 0 Å². The number of hydrazine groups is 1. The van der Waals surface area contributed by atoms with Crippen molar-refractivity contribution >= 4 is 34.2 Å². The number of thioether (sulfide) groups is 1. The number of unbranched alkanes of at least 4 members (excludes halogenated alkanes) is 6. The van der Waals surface area contributed by atoms with Gasteiger partial charge in [0.25, 0.3) is 5.91 Å². The quantitative estimate of drug-likeness (QED) is 0.404. The van der Waals surface area contributed by atoms with Gasteiger partial charge in [0, 0.05) is 19.0 Å². The van der Waals surface area contributed by atoms with E-state index in [0.717, 1.165) is 5.75 Å². The summed E-state index contributed by atoms with van der Waals surface area (Å²) in [6, 6.07) is 5.25. The Labute approximate surface area is 149 Å². The van der Waals surface area contributed by atoms with E-state index in [4.69, 9.17) is 12.2 Å². The molecule has 0 aliphatic carbocycles. The lowest BCUT2D eigenvalue weighted by Gasteiger charge is -2.20. The Morgan fingerprint density at radius 3 is 2.57 bits per heavy atom. The number of hydrogen-bond acceptors (Lipinski definition) is 4. The van der Waals surface area contributed by atoms with E-state index < -0.39 is 0 Å². The van der Waals surface area contributed by atoms with Crippen LogP contribution < -0.4 is 5.43 Å². The number of amides is 1. The van der Waals surface area contributed by atoms with Crippen molar-refractivity contribution in [1.82, 2.24) is 15.4 Å². The van der Waals surface area contributed by atoms with Gasteiger partial charge in [0.15, 0.2) is 4.32 Å². The molecule has 0 radical (unpaired) electrons. The smallest absolute Gasteiger partial charge is 0.272 e. The van der Waals surface area contributed by atoms with Gasteiger partial charge in [-0.3, -0.25) is 20.2 Å². The molecule has 1 N–H and O–H groups in total. The SMILES string of the molecule is CCCCCCCCCSC(=S)N(C)NC(=O)c1ccccn1. The van der Waals surface area contributed by atoms with Gasteiger partial charge in [-0.2, -0.15) is 0 Å². The van der Waals surface area contributed by atoms with E-state index in [-0.39, 0.29) is 5.91 Å². The zero-order chi connectivity index (χ0) is 16.9. The van der Waals surface area contributed by atoms with Crippen molar-refractivity contribution in [2.45, 2.75) is 51.9 Å². The first-order valence-corrected chi connectivity index (χ1v) is 9.67. The van der Waals surface area contributed by atoms with Crippen molar-refractivity contribution in [2.75, 3.05) is 12.8 Å². The summed E-state index contributed by atoms with van der Waals surface area (Å²) in [4.78, 5) is 16.0. The lowest BCUT2D eigenvalue weighted by molar-refractivity contribution is 0.0885. The highest BCUT2D eigenvalue weighted by atomic mass is 32.2. The standard InChI is InChI=1S/C17H27N3OS2/c1-3-4-5-6-7-8-11-14-23-17(22)20(2)19-16(21)15-12-9-10-13-18-15/h9-10,12-13H,3-8,11,14H2,1-2H3,(H,19,21). The van der Waals surface area contributed by atoms with Crippen LogP contribution in [0.4, 0.5) is 0 Å². The molecular weight excluding hydrogens is 326 g/mol. The molecule has 1 rings (SSSR count). The minimum absolute atomic E-state index is 0.244. The molecule has 0 saturated heterocycles. The second-order valence-electron chi connectivity index (χ2n) is 5.45. The Bertz CT molecular complexity index is 468. The highest BCUT2D eigenvalue weighted by Gasteiger charge is 2.11. The zero-order valence-electron chi connectivity index (χ0n) is 14.1. The number of nitrogens with zero attached hydrogens (tertiary/aromatic N) is 2. The molecule has 0 aromatic carbocycles. The predicted octanol–water partition coefficient (Wildman–Crippen LogP) is 4.43. The van der Waals surface area contributed by atoms with Crippen LogP contribution in [0.5, 0.6) is 0 Å². The molecule has 1 aromatic heterocycles. The largest absolute Gasteiger partial charge is 0.288 e. The number of carbonyl (C=O) groups is 1. The Balaban J connectivity index is 2.13. The maximum absolute atomic E-state index is 12.0. The van der Waals surface area contributed by atoms with E-state index >= 15 is 0 Å². The number of hydrogen-bond donors (Lipinski definition) is 1. The Hall–Kier alpha value is -1.14. The number of carbonyl (C=O) groups excluding carboxylic acids is 1. The zero-order valence-corrected chi connectivity index (χ0v) is 15.7. The van der Waals surface area contributed by atoms with Gasteiger partial charge in [0.05, 0.1) is 0 Å². The number of aromatic nitrogens is 1. The van der Waals surface area contributed by atoms with Crippen molar-refractivity contribution in [1.29, 1.82) is 0 Å². The Kier molecular flexibility index (Phi) is 10.6. The van der Waals surface area contributed by atoms with Gasteiger partial charge in [-0.15, -0.1) is 0 Å². The molecule has 0 aliphatic rings. The Morgan fingerprint density at radius 1 is 1.22 bits per heavy atom. The summed E-state index contributed by atoms with van der Waals surface area (Å²) < 4.78 is 0.681. The topological polar surface area (TPSA) is 45.2 Å². The van der Waals surface area contributed by atoms with Crippen LogP contribution >= 0.6 is 24.0 Å². The lowest BCUT2D eigenvalue weighted by Crippen LogP contribution is -2.41. The molecule has 23 heavy (non-hydrogen) atoms. The summed E-state index contributed by atoms with van der Waals surface area (Å²) >= 11 is 6.95. The molecule has 0 spiro atoms. The fourth-order valence-corrected chi connectivity index (χ4v) is 3.13. The van der Waals surface area contributed by atoms with E-state index in [9.17, 15) is 4.79 Å². The van der Waals surface area contributed by atoms with Crippen LogP contribution in [0.15, 0.2) is 24.4 Å². The van der Waals surface area contributed by atoms with Crippen LogP contribution in [-0.2, 0) is 0 Å². The minimum atomic E-state index is -0.244. The first-order chi connectivity index (χ1) is 11.1. The van der Waals surface area contributed by atoms with Crippen molar-refractivity contribution in [3.05, 3.63) is 30.1 Å².